The van der Waals surface area contributed by atoms with Crippen molar-refractivity contribution in [3.05, 3.63) is 0 Å². The molecule has 0 aromatic rings. The van der Waals surface area contributed by atoms with E-state index in [0.29, 0.717) is 12.5 Å². The summed E-state index contributed by atoms with van der Waals surface area (Å²) in [5, 5.41) is 3.30. The average molecular weight is 279 g/mol. The number of carbonyl (C=O) groups is 1. The number of halogens is 1. The molecule has 0 aromatic heterocycles. The first-order chi connectivity index (χ1) is 8.29. The van der Waals surface area contributed by atoms with Gasteiger partial charge >= 0.3 is 0 Å². The molecule has 1 rings (SSSR count). The van der Waals surface area contributed by atoms with Gasteiger partial charge in [-0.3, -0.25) is 4.79 Å². The molecule has 1 heterocycles. The summed E-state index contributed by atoms with van der Waals surface area (Å²) in [7, 11) is 1.69. The van der Waals surface area contributed by atoms with Crippen LogP contribution in [0.5, 0.6) is 0 Å². The van der Waals surface area contributed by atoms with Gasteiger partial charge in [0.05, 0.1) is 12.5 Å². The molecule has 0 radical (unpaired) electrons. The zero-order valence-electron chi connectivity index (χ0n) is 11.6. The van der Waals surface area contributed by atoms with Crippen molar-refractivity contribution < 1.29 is 9.53 Å². The maximum atomic E-state index is 12.3. The van der Waals surface area contributed by atoms with Crippen molar-refractivity contribution >= 4 is 18.3 Å². The zero-order valence-corrected chi connectivity index (χ0v) is 12.4. The summed E-state index contributed by atoms with van der Waals surface area (Å²) in [6, 6.07) is 0. The SMILES string of the molecule is CCCCN(CCOC)C(=O)C1CCCNC1.Cl. The van der Waals surface area contributed by atoms with Crippen LogP contribution in [0.25, 0.3) is 0 Å². The molecule has 1 atom stereocenters. The molecule has 1 aliphatic heterocycles. The molecule has 0 aliphatic carbocycles. The largest absolute Gasteiger partial charge is 0.383 e. The van der Waals surface area contributed by atoms with Gasteiger partial charge in [-0.25, -0.2) is 0 Å². The molecule has 1 saturated heterocycles. The summed E-state index contributed by atoms with van der Waals surface area (Å²) in [6.07, 6.45) is 4.35. The Morgan fingerprint density at radius 2 is 2.22 bits per heavy atom. The molecule has 5 heteroatoms. The van der Waals surface area contributed by atoms with Gasteiger partial charge in [0.1, 0.15) is 0 Å². The summed E-state index contributed by atoms with van der Waals surface area (Å²) in [4.78, 5) is 14.3. The fourth-order valence-electron chi connectivity index (χ4n) is 2.20. The highest BCUT2D eigenvalue weighted by molar-refractivity contribution is 5.85. The average Bonchev–Trinajstić information content (AvgIpc) is 2.39. The minimum absolute atomic E-state index is 0. The fourth-order valence-corrected chi connectivity index (χ4v) is 2.20. The van der Waals surface area contributed by atoms with Crippen LogP contribution in [-0.2, 0) is 9.53 Å². The third kappa shape index (κ3) is 6.03. The lowest BCUT2D eigenvalue weighted by Crippen LogP contribution is -2.44. The first-order valence-corrected chi connectivity index (χ1v) is 6.78. The molecule has 1 fully saturated rings. The quantitative estimate of drug-likeness (QED) is 0.770. The van der Waals surface area contributed by atoms with Crippen LogP contribution in [0.1, 0.15) is 32.6 Å². The van der Waals surface area contributed by atoms with Gasteiger partial charge in [-0.2, -0.15) is 0 Å². The summed E-state index contributed by atoms with van der Waals surface area (Å²) in [5.41, 5.74) is 0. The van der Waals surface area contributed by atoms with Crippen LogP contribution in [0.3, 0.4) is 0 Å². The van der Waals surface area contributed by atoms with Crippen molar-refractivity contribution in [3.8, 4) is 0 Å². The monoisotopic (exact) mass is 278 g/mol. The van der Waals surface area contributed by atoms with Crippen molar-refractivity contribution in [2.75, 3.05) is 39.9 Å². The fraction of sp³-hybridized carbons (Fsp3) is 0.923. The van der Waals surface area contributed by atoms with Crippen molar-refractivity contribution in [3.63, 3.8) is 0 Å². The summed E-state index contributed by atoms with van der Waals surface area (Å²) in [6.45, 7) is 6.28. The number of methoxy groups -OCH3 is 1. The van der Waals surface area contributed by atoms with E-state index < -0.39 is 0 Å². The number of unbranched alkanes of at least 4 members (excludes halogenated alkanes) is 1. The molecule has 0 spiro atoms. The van der Waals surface area contributed by atoms with E-state index in [2.05, 4.69) is 12.2 Å². The number of rotatable bonds is 7. The Morgan fingerprint density at radius 3 is 2.78 bits per heavy atom. The Balaban J connectivity index is 0.00000289. The number of nitrogens with one attached hydrogen (secondary N) is 1. The minimum atomic E-state index is 0. The normalized spacial score (nSPS) is 19.1. The second-order valence-corrected chi connectivity index (χ2v) is 4.71. The van der Waals surface area contributed by atoms with Crippen LogP contribution in [0, 0.1) is 5.92 Å². The second-order valence-electron chi connectivity index (χ2n) is 4.71. The summed E-state index contributed by atoms with van der Waals surface area (Å²) in [5.74, 6) is 0.486. The highest BCUT2D eigenvalue weighted by Crippen LogP contribution is 2.14. The van der Waals surface area contributed by atoms with E-state index in [1.54, 1.807) is 7.11 Å². The maximum Gasteiger partial charge on any atom is 0.227 e. The second kappa shape index (κ2) is 10.6. The predicted octanol–water partition coefficient (Wildman–Crippen LogP) is 1.68. The molecular weight excluding hydrogens is 252 g/mol. The van der Waals surface area contributed by atoms with Crippen LogP contribution in [-0.4, -0.2) is 50.7 Å². The van der Waals surface area contributed by atoms with Crippen molar-refractivity contribution in [1.82, 2.24) is 10.2 Å². The Morgan fingerprint density at radius 1 is 1.44 bits per heavy atom. The smallest absolute Gasteiger partial charge is 0.227 e. The lowest BCUT2D eigenvalue weighted by Gasteiger charge is -2.29. The molecular formula is C13H27ClN2O2. The number of ether oxygens (including phenoxy) is 1. The summed E-state index contributed by atoms with van der Waals surface area (Å²) >= 11 is 0. The molecule has 18 heavy (non-hydrogen) atoms. The molecule has 1 unspecified atom stereocenters. The predicted molar refractivity (Wildman–Crippen MR) is 76.2 cm³/mol. The number of hydrogen-bond donors (Lipinski definition) is 1. The van der Waals surface area contributed by atoms with Crippen molar-refractivity contribution in [2.45, 2.75) is 32.6 Å². The van der Waals surface area contributed by atoms with Crippen LogP contribution in [0.4, 0.5) is 0 Å². The topological polar surface area (TPSA) is 41.6 Å². The molecule has 0 bridgehead atoms. The summed E-state index contributed by atoms with van der Waals surface area (Å²) < 4.78 is 5.08. The molecule has 4 nitrogen and oxygen atoms in total. The van der Waals surface area contributed by atoms with E-state index in [1.807, 2.05) is 4.90 Å². The zero-order chi connectivity index (χ0) is 12.5. The highest BCUT2D eigenvalue weighted by atomic mass is 35.5. The van der Waals surface area contributed by atoms with E-state index in [0.717, 1.165) is 51.9 Å². The van der Waals surface area contributed by atoms with Crippen LogP contribution in [0.15, 0.2) is 0 Å². The number of carbonyl (C=O) groups excluding carboxylic acids is 1. The number of piperidine rings is 1. The first kappa shape index (κ1) is 17.7. The highest BCUT2D eigenvalue weighted by Gasteiger charge is 2.25. The van der Waals surface area contributed by atoms with Gasteiger partial charge in [-0.05, 0) is 25.8 Å². The lowest BCUT2D eigenvalue weighted by molar-refractivity contribution is -0.136. The third-order valence-corrected chi connectivity index (χ3v) is 3.30. The van der Waals surface area contributed by atoms with Gasteiger partial charge in [0.15, 0.2) is 0 Å². The number of hydrogen-bond acceptors (Lipinski definition) is 3. The Bertz CT molecular complexity index is 213. The van der Waals surface area contributed by atoms with Crippen LogP contribution in [0.2, 0.25) is 0 Å². The van der Waals surface area contributed by atoms with Gasteiger partial charge in [-0.15, -0.1) is 12.4 Å². The van der Waals surface area contributed by atoms with Gasteiger partial charge in [0.2, 0.25) is 5.91 Å². The molecule has 0 aromatic carbocycles. The lowest BCUT2D eigenvalue weighted by atomic mass is 9.98. The van der Waals surface area contributed by atoms with Gasteiger partial charge in [0, 0.05) is 26.7 Å². The van der Waals surface area contributed by atoms with E-state index in [9.17, 15) is 4.79 Å². The van der Waals surface area contributed by atoms with Crippen molar-refractivity contribution in [2.24, 2.45) is 5.92 Å². The number of nitrogens with zero attached hydrogens (tertiary/aromatic N) is 1. The molecule has 1 aliphatic rings. The Kier molecular flexibility index (Phi) is 10.4. The van der Waals surface area contributed by atoms with E-state index in [1.165, 1.54) is 0 Å². The molecule has 1 N–H and O–H groups in total. The van der Waals surface area contributed by atoms with Gasteiger partial charge in [0.25, 0.3) is 0 Å². The maximum absolute atomic E-state index is 12.3. The van der Waals surface area contributed by atoms with Crippen LogP contribution < -0.4 is 5.32 Å². The molecule has 1 amide bonds. The molecule has 108 valence electrons. The van der Waals surface area contributed by atoms with Crippen molar-refractivity contribution in [1.29, 1.82) is 0 Å². The standard InChI is InChI=1S/C13H26N2O2.ClH/c1-3-4-8-15(9-10-17-2)13(16)12-6-5-7-14-11-12;/h12,14H,3-11H2,1-2H3;1H. The Hall–Kier alpha value is -0.320. The van der Waals surface area contributed by atoms with E-state index in [4.69, 9.17) is 4.74 Å². The van der Waals surface area contributed by atoms with Crippen LogP contribution >= 0.6 is 12.4 Å². The van der Waals surface area contributed by atoms with Gasteiger partial charge in [-0.1, -0.05) is 13.3 Å². The first-order valence-electron chi connectivity index (χ1n) is 6.78. The Labute approximate surface area is 117 Å². The van der Waals surface area contributed by atoms with E-state index in [-0.39, 0.29) is 18.3 Å². The third-order valence-electron chi connectivity index (χ3n) is 3.30. The van der Waals surface area contributed by atoms with E-state index >= 15 is 0 Å². The number of amides is 1. The van der Waals surface area contributed by atoms with Gasteiger partial charge < -0.3 is 15.0 Å². The molecule has 0 saturated carbocycles. The minimum Gasteiger partial charge on any atom is -0.383 e.